The monoisotopic (exact) mass is 507 g/mol. The van der Waals surface area contributed by atoms with E-state index < -0.39 is 0 Å². The lowest BCUT2D eigenvalue weighted by Gasteiger charge is -2.26. The number of thiophene rings is 1. The van der Waals surface area contributed by atoms with Gasteiger partial charge in [-0.15, -0.1) is 11.3 Å². The Morgan fingerprint density at radius 2 is 1.69 bits per heavy atom. The number of piperidine rings is 1. The van der Waals surface area contributed by atoms with Crippen molar-refractivity contribution in [1.29, 1.82) is 0 Å². The average molecular weight is 508 g/mol. The molecule has 1 saturated heterocycles. The molecule has 6 nitrogen and oxygen atoms in total. The van der Waals surface area contributed by atoms with E-state index in [1.165, 1.54) is 17.8 Å². The van der Waals surface area contributed by atoms with Gasteiger partial charge in [0.2, 0.25) is 0 Å². The molecule has 0 saturated carbocycles. The third-order valence-electron chi connectivity index (χ3n) is 5.89. The first-order valence-electron chi connectivity index (χ1n) is 11.8. The number of nitrogens with one attached hydrogen (secondary N) is 2. The molecule has 1 aromatic heterocycles. The predicted octanol–water partition coefficient (Wildman–Crippen LogP) is 6.34. The standard InChI is InChI=1S/C27H29N3O3S2/c1-3-33-26(32)23-22(19-10-6-4-7-11-19)18(2)35-24(23)29-27(34)28-21-14-12-20(13-15-21)25(31)30-16-8-5-9-17-30/h4,6-7,10-15H,3,5,8-9,16-17H2,1-2H3,(H2,28,29,34). The third-order valence-corrected chi connectivity index (χ3v) is 7.11. The van der Waals surface area contributed by atoms with Gasteiger partial charge in [-0.25, -0.2) is 4.79 Å². The second-order valence-electron chi connectivity index (χ2n) is 8.33. The average Bonchev–Trinajstić information content (AvgIpc) is 3.20. The number of esters is 1. The molecule has 3 aromatic rings. The van der Waals surface area contributed by atoms with Crippen LogP contribution in [0.3, 0.4) is 0 Å². The Hall–Kier alpha value is -3.23. The largest absolute Gasteiger partial charge is 0.462 e. The molecular formula is C27H29N3O3S2. The Bertz CT molecular complexity index is 1200. The van der Waals surface area contributed by atoms with Gasteiger partial charge in [-0.1, -0.05) is 30.3 Å². The van der Waals surface area contributed by atoms with Crippen molar-refractivity contribution in [3.8, 4) is 11.1 Å². The van der Waals surface area contributed by atoms with Crippen LogP contribution in [0.25, 0.3) is 11.1 Å². The number of benzene rings is 2. The molecule has 35 heavy (non-hydrogen) atoms. The van der Waals surface area contributed by atoms with Crippen LogP contribution < -0.4 is 10.6 Å². The predicted molar refractivity (Wildman–Crippen MR) is 146 cm³/mol. The number of hydrogen-bond donors (Lipinski definition) is 2. The lowest BCUT2D eigenvalue weighted by atomic mass is 10.0. The van der Waals surface area contributed by atoms with E-state index in [4.69, 9.17) is 17.0 Å². The van der Waals surface area contributed by atoms with Crippen molar-refractivity contribution < 1.29 is 14.3 Å². The van der Waals surface area contributed by atoms with Crippen molar-refractivity contribution in [2.24, 2.45) is 0 Å². The number of carbonyl (C=O) groups is 2. The summed E-state index contributed by atoms with van der Waals surface area (Å²) in [6.07, 6.45) is 3.31. The van der Waals surface area contributed by atoms with E-state index in [9.17, 15) is 9.59 Å². The van der Waals surface area contributed by atoms with Crippen molar-refractivity contribution in [3.05, 3.63) is 70.6 Å². The van der Waals surface area contributed by atoms with Gasteiger partial charge in [-0.2, -0.15) is 0 Å². The fourth-order valence-electron chi connectivity index (χ4n) is 4.22. The van der Waals surface area contributed by atoms with E-state index in [2.05, 4.69) is 10.6 Å². The van der Waals surface area contributed by atoms with Crippen LogP contribution in [0, 0.1) is 6.92 Å². The highest BCUT2D eigenvalue weighted by molar-refractivity contribution is 7.80. The van der Waals surface area contributed by atoms with Crippen molar-refractivity contribution in [1.82, 2.24) is 4.90 Å². The summed E-state index contributed by atoms with van der Waals surface area (Å²) in [5.41, 5.74) is 3.70. The highest BCUT2D eigenvalue weighted by Gasteiger charge is 2.25. The molecule has 0 aliphatic carbocycles. The molecule has 2 N–H and O–H groups in total. The lowest BCUT2D eigenvalue weighted by molar-refractivity contribution is 0.0528. The molecule has 0 bridgehead atoms. The van der Waals surface area contributed by atoms with Gasteiger partial charge in [0.25, 0.3) is 5.91 Å². The number of aryl methyl sites for hydroxylation is 1. The topological polar surface area (TPSA) is 70.7 Å². The van der Waals surface area contributed by atoms with Crippen LogP contribution in [-0.4, -0.2) is 41.6 Å². The Labute approximate surface area is 215 Å². The zero-order valence-corrected chi connectivity index (χ0v) is 21.6. The maximum atomic E-state index is 12.9. The number of thiocarbonyl (C=S) groups is 1. The fraction of sp³-hybridized carbons (Fsp3) is 0.296. The van der Waals surface area contributed by atoms with E-state index >= 15 is 0 Å². The first-order valence-corrected chi connectivity index (χ1v) is 13.0. The molecule has 0 atom stereocenters. The summed E-state index contributed by atoms with van der Waals surface area (Å²) < 4.78 is 5.36. The quantitative estimate of drug-likeness (QED) is 0.300. The number of amides is 1. The van der Waals surface area contributed by atoms with E-state index in [1.54, 1.807) is 6.92 Å². The maximum Gasteiger partial charge on any atom is 0.341 e. The molecule has 182 valence electrons. The zero-order chi connectivity index (χ0) is 24.8. The molecule has 8 heteroatoms. The molecule has 1 aliphatic rings. The molecule has 4 rings (SSSR count). The van der Waals surface area contributed by atoms with Crippen molar-refractivity contribution >= 4 is 51.2 Å². The van der Waals surface area contributed by atoms with Crippen LogP contribution in [0.1, 0.15) is 51.8 Å². The summed E-state index contributed by atoms with van der Waals surface area (Å²) in [4.78, 5) is 28.5. The van der Waals surface area contributed by atoms with E-state index in [0.29, 0.717) is 21.2 Å². The molecule has 1 amide bonds. The Morgan fingerprint density at radius 3 is 2.34 bits per heavy atom. The molecule has 2 aromatic carbocycles. The Balaban J connectivity index is 1.50. The molecule has 0 radical (unpaired) electrons. The molecule has 1 fully saturated rings. The van der Waals surface area contributed by atoms with E-state index in [0.717, 1.165) is 47.6 Å². The van der Waals surface area contributed by atoms with Gasteiger partial charge in [0, 0.05) is 34.8 Å². The second kappa shape index (κ2) is 11.5. The Kier molecular flexibility index (Phi) is 8.15. The minimum absolute atomic E-state index is 0.0681. The summed E-state index contributed by atoms with van der Waals surface area (Å²) in [6, 6.07) is 17.1. The summed E-state index contributed by atoms with van der Waals surface area (Å²) in [5.74, 6) is -0.319. The van der Waals surface area contributed by atoms with Crippen molar-refractivity contribution in [3.63, 3.8) is 0 Å². The van der Waals surface area contributed by atoms with Gasteiger partial charge in [0.05, 0.1) is 6.61 Å². The molecule has 2 heterocycles. The number of ether oxygens (including phenoxy) is 1. The van der Waals surface area contributed by atoms with Crippen LogP contribution in [0.2, 0.25) is 0 Å². The number of nitrogens with zero attached hydrogens (tertiary/aromatic N) is 1. The van der Waals surface area contributed by atoms with Gasteiger partial charge < -0.3 is 20.3 Å². The van der Waals surface area contributed by atoms with Crippen LogP contribution >= 0.6 is 23.6 Å². The number of carbonyl (C=O) groups excluding carboxylic acids is 2. The van der Waals surface area contributed by atoms with Crippen molar-refractivity contribution in [2.75, 3.05) is 30.3 Å². The minimum Gasteiger partial charge on any atom is -0.462 e. The van der Waals surface area contributed by atoms with Gasteiger partial charge in [0.1, 0.15) is 10.6 Å². The Morgan fingerprint density at radius 1 is 1.00 bits per heavy atom. The second-order valence-corrected chi connectivity index (χ2v) is 9.97. The first-order chi connectivity index (χ1) is 17.0. The van der Waals surface area contributed by atoms with E-state index in [-0.39, 0.29) is 18.5 Å². The fourth-order valence-corrected chi connectivity index (χ4v) is 5.58. The van der Waals surface area contributed by atoms with Gasteiger partial charge >= 0.3 is 5.97 Å². The number of hydrogen-bond acceptors (Lipinski definition) is 5. The van der Waals surface area contributed by atoms with Crippen LogP contribution in [0.15, 0.2) is 54.6 Å². The third kappa shape index (κ3) is 5.89. The number of rotatable bonds is 6. The van der Waals surface area contributed by atoms with Gasteiger partial charge in [-0.05, 0) is 75.2 Å². The van der Waals surface area contributed by atoms with Gasteiger partial charge in [-0.3, -0.25) is 4.79 Å². The SMILES string of the molecule is CCOC(=O)c1c(NC(=S)Nc2ccc(C(=O)N3CCCCC3)cc2)sc(C)c1-c1ccccc1. The molecule has 1 aliphatic heterocycles. The molecule has 0 spiro atoms. The maximum absolute atomic E-state index is 12.9. The van der Waals surface area contributed by atoms with E-state index in [1.807, 2.05) is 66.4 Å². The summed E-state index contributed by atoms with van der Waals surface area (Å²) >= 11 is 7.00. The number of anilines is 2. The molecule has 0 unspecified atom stereocenters. The highest BCUT2D eigenvalue weighted by atomic mass is 32.1. The normalized spacial score (nSPS) is 13.3. The minimum atomic E-state index is -0.387. The van der Waals surface area contributed by atoms with Crippen molar-refractivity contribution in [2.45, 2.75) is 33.1 Å². The molecular weight excluding hydrogens is 478 g/mol. The first kappa shape index (κ1) is 24.9. The van der Waals surface area contributed by atoms with Crippen LogP contribution in [0.5, 0.6) is 0 Å². The summed E-state index contributed by atoms with van der Waals surface area (Å²) in [6.45, 7) is 5.70. The van der Waals surface area contributed by atoms with Crippen LogP contribution in [0.4, 0.5) is 10.7 Å². The van der Waals surface area contributed by atoms with Gasteiger partial charge in [0.15, 0.2) is 5.11 Å². The number of likely N-dealkylation sites (tertiary alicyclic amines) is 1. The lowest BCUT2D eigenvalue weighted by Crippen LogP contribution is -2.35. The zero-order valence-electron chi connectivity index (χ0n) is 19.9. The summed E-state index contributed by atoms with van der Waals surface area (Å²) in [7, 11) is 0. The highest BCUT2D eigenvalue weighted by Crippen LogP contribution is 2.40. The summed E-state index contributed by atoms with van der Waals surface area (Å²) in [5, 5.41) is 7.32. The smallest absolute Gasteiger partial charge is 0.341 e. The van der Waals surface area contributed by atoms with Crippen LogP contribution in [-0.2, 0) is 4.74 Å².